The molecule has 0 spiro atoms. The molecular weight excluding hydrogens is 212 g/mol. The lowest BCUT2D eigenvalue weighted by atomic mass is 10.0. The van der Waals surface area contributed by atoms with Gasteiger partial charge in [0.05, 0.1) is 6.10 Å². The van der Waals surface area contributed by atoms with Crippen molar-refractivity contribution < 1.29 is 10.2 Å². The third kappa shape index (κ3) is 2.95. The Balaban J connectivity index is 2.84. The predicted octanol–water partition coefficient (Wildman–Crippen LogP) is 0.295. The minimum absolute atomic E-state index is 0.0224. The van der Waals surface area contributed by atoms with Crippen LogP contribution in [0.5, 0.6) is 0 Å². The number of hydrogen-bond donors (Lipinski definition) is 5. The van der Waals surface area contributed by atoms with E-state index in [1.165, 1.54) is 0 Å². The van der Waals surface area contributed by atoms with Gasteiger partial charge >= 0.3 is 0 Å². The number of nitrogens with two attached hydrogens (primary N) is 1. The summed E-state index contributed by atoms with van der Waals surface area (Å²) in [7, 11) is 0. The molecule has 0 fully saturated rings. The number of nitrogens with one attached hydrogen (secondary N) is 1. The molecule has 1 rings (SSSR count). The van der Waals surface area contributed by atoms with Gasteiger partial charge in [0.15, 0.2) is 0 Å². The maximum absolute atomic E-state index is 9.63. The van der Waals surface area contributed by atoms with Gasteiger partial charge in [-0.3, -0.25) is 5.41 Å². The van der Waals surface area contributed by atoms with Gasteiger partial charge in [-0.25, -0.2) is 0 Å². The topological polar surface area (TPSA) is 90.3 Å². The number of aliphatic hydroxyl groups is 2. The van der Waals surface area contributed by atoms with Crippen LogP contribution in [-0.2, 0) is 0 Å². The summed E-state index contributed by atoms with van der Waals surface area (Å²) in [5.41, 5.74) is 6.46. The van der Waals surface area contributed by atoms with E-state index < -0.39 is 12.2 Å². The average molecular weight is 226 g/mol. The Bertz CT molecular complexity index is 340. The van der Waals surface area contributed by atoms with E-state index in [2.05, 4.69) is 12.6 Å². The first kappa shape index (κ1) is 12.0. The Morgan fingerprint density at radius 1 is 1.33 bits per heavy atom. The molecule has 0 amide bonds. The van der Waals surface area contributed by atoms with E-state index >= 15 is 0 Å². The number of hydrogen-bond acceptors (Lipinski definition) is 4. The highest BCUT2D eigenvalue weighted by molar-refractivity contribution is 7.80. The minimum atomic E-state index is -0.955. The molecule has 5 heteroatoms. The van der Waals surface area contributed by atoms with Crippen LogP contribution in [0, 0.1) is 5.41 Å². The summed E-state index contributed by atoms with van der Waals surface area (Å²) in [6.45, 7) is 0. The summed E-state index contributed by atoms with van der Waals surface area (Å²) in [6.07, 6.45) is -1.85. The van der Waals surface area contributed by atoms with Crippen LogP contribution >= 0.6 is 12.6 Å². The fourth-order valence-corrected chi connectivity index (χ4v) is 1.38. The van der Waals surface area contributed by atoms with Gasteiger partial charge in [0.1, 0.15) is 11.9 Å². The lowest BCUT2D eigenvalue weighted by Crippen LogP contribution is -2.20. The molecule has 2 atom stereocenters. The van der Waals surface area contributed by atoms with E-state index in [-0.39, 0.29) is 11.6 Å². The van der Waals surface area contributed by atoms with Gasteiger partial charge in [-0.05, 0) is 5.56 Å². The molecule has 0 aliphatic carbocycles. The zero-order valence-corrected chi connectivity index (χ0v) is 8.98. The summed E-state index contributed by atoms with van der Waals surface area (Å²) in [4.78, 5) is 0. The first-order valence-electron chi connectivity index (χ1n) is 4.47. The molecule has 82 valence electrons. The van der Waals surface area contributed by atoms with Gasteiger partial charge in [-0.2, -0.15) is 12.6 Å². The molecule has 0 bridgehead atoms. The van der Waals surface area contributed by atoms with E-state index in [1.807, 2.05) is 0 Å². The average Bonchev–Trinajstić information content (AvgIpc) is 2.27. The van der Waals surface area contributed by atoms with Gasteiger partial charge in [-0.1, -0.05) is 24.3 Å². The molecule has 0 saturated carbocycles. The molecule has 5 N–H and O–H groups in total. The Morgan fingerprint density at radius 2 is 1.87 bits per heavy atom. The fourth-order valence-electron chi connectivity index (χ4n) is 1.18. The van der Waals surface area contributed by atoms with Crippen LogP contribution in [-0.4, -0.2) is 27.9 Å². The van der Waals surface area contributed by atoms with Crippen molar-refractivity contribution in [2.45, 2.75) is 12.2 Å². The van der Waals surface area contributed by atoms with E-state index in [1.54, 1.807) is 24.3 Å². The van der Waals surface area contributed by atoms with Crippen LogP contribution in [0.4, 0.5) is 0 Å². The molecule has 0 aromatic heterocycles. The quantitative estimate of drug-likeness (QED) is 0.290. The molecule has 1 aromatic rings. The Morgan fingerprint density at radius 3 is 2.27 bits per heavy atom. The van der Waals surface area contributed by atoms with Crippen LogP contribution in [0.15, 0.2) is 24.3 Å². The number of thiol groups is 1. The molecule has 0 aliphatic rings. The summed E-state index contributed by atoms with van der Waals surface area (Å²) in [6, 6.07) is 6.53. The molecule has 4 nitrogen and oxygen atoms in total. The molecule has 15 heavy (non-hydrogen) atoms. The number of amidine groups is 1. The van der Waals surface area contributed by atoms with E-state index in [4.69, 9.17) is 11.1 Å². The second-order valence-corrected chi connectivity index (χ2v) is 3.60. The van der Waals surface area contributed by atoms with Crippen molar-refractivity contribution in [1.29, 1.82) is 5.41 Å². The fraction of sp³-hybridized carbons (Fsp3) is 0.300. The molecule has 2 unspecified atom stereocenters. The van der Waals surface area contributed by atoms with Gasteiger partial charge in [0.25, 0.3) is 0 Å². The van der Waals surface area contributed by atoms with Gasteiger partial charge < -0.3 is 15.9 Å². The minimum Gasteiger partial charge on any atom is -0.389 e. The number of rotatable bonds is 4. The highest BCUT2D eigenvalue weighted by Crippen LogP contribution is 2.18. The monoisotopic (exact) mass is 226 g/mol. The van der Waals surface area contributed by atoms with Crippen LogP contribution in [0.1, 0.15) is 17.2 Å². The summed E-state index contributed by atoms with van der Waals surface area (Å²) < 4.78 is 0. The SMILES string of the molecule is N=C(N)c1ccc(C(O)C(O)CS)cc1. The van der Waals surface area contributed by atoms with Crippen LogP contribution < -0.4 is 5.73 Å². The highest BCUT2D eigenvalue weighted by Gasteiger charge is 2.16. The van der Waals surface area contributed by atoms with Gasteiger partial charge in [0.2, 0.25) is 0 Å². The third-order valence-electron chi connectivity index (χ3n) is 2.11. The molecular formula is C10H14N2O2S. The maximum Gasteiger partial charge on any atom is 0.122 e. The Labute approximate surface area is 93.7 Å². The Hall–Kier alpha value is -1.04. The van der Waals surface area contributed by atoms with Gasteiger partial charge in [0, 0.05) is 11.3 Å². The lowest BCUT2D eigenvalue weighted by molar-refractivity contribution is 0.0337. The van der Waals surface area contributed by atoms with Crippen molar-refractivity contribution in [2.24, 2.45) is 5.73 Å². The van der Waals surface area contributed by atoms with Crippen molar-refractivity contribution >= 4 is 18.5 Å². The first-order chi connectivity index (χ1) is 7.06. The van der Waals surface area contributed by atoms with Crippen molar-refractivity contribution in [2.75, 3.05) is 5.75 Å². The van der Waals surface area contributed by atoms with E-state index in [0.717, 1.165) is 0 Å². The summed E-state index contributed by atoms with van der Waals surface area (Å²) >= 11 is 3.89. The van der Waals surface area contributed by atoms with Crippen molar-refractivity contribution in [3.8, 4) is 0 Å². The molecule has 0 radical (unpaired) electrons. The first-order valence-corrected chi connectivity index (χ1v) is 5.11. The highest BCUT2D eigenvalue weighted by atomic mass is 32.1. The zero-order chi connectivity index (χ0) is 11.4. The van der Waals surface area contributed by atoms with Crippen LogP contribution in [0.3, 0.4) is 0 Å². The Kier molecular flexibility index (Phi) is 4.14. The number of benzene rings is 1. The largest absolute Gasteiger partial charge is 0.389 e. The van der Waals surface area contributed by atoms with Gasteiger partial charge in [-0.15, -0.1) is 0 Å². The predicted molar refractivity (Wildman–Crippen MR) is 62.3 cm³/mol. The van der Waals surface area contributed by atoms with Crippen LogP contribution in [0.2, 0.25) is 0 Å². The zero-order valence-electron chi connectivity index (χ0n) is 8.09. The van der Waals surface area contributed by atoms with Crippen molar-refractivity contribution in [3.63, 3.8) is 0 Å². The van der Waals surface area contributed by atoms with E-state index in [0.29, 0.717) is 11.1 Å². The summed E-state index contributed by atoms with van der Waals surface area (Å²) in [5, 5.41) is 26.2. The molecule has 0 aliphatic heterocycles. The van der Waals surface area contributed by atoms with E-state index in [9.17, 15) is 10.2 Å². The normalized spacial score (nSPS) is 14.6. The second kappa shape index (κ2) is 5.16. The third-order valence-corrected chi connectivity index (χ3v) is 2.49. The second-order valence-electron chi connectivity index (χ2n) is 3.23. The molecule has 0 heterocycles. The molecule has 0 saturated heterocycles. The summed E-state index contributed by atoms with van der Waals surface area (Å²) in [5.74, 6) is 0.168. The smallest absolute Gasteiger partial charge is 0.122 e. The lowest BCUT2D eigenvalue weighted by Gasteiger charge is -2.16. The number of nitrogen functional groups attached to an aromatic ring is 1. The molecule has 1 aromatic carbocycles. The number of aliphatic hydroxyl groups excluding tert-OH is 2. The van der Waals surface area contributed by atoms with Crippen molar-refractivity contribution in [3.05, 3.63) is 35.4 Å². The van der Waals surface area contributed by atoms with Crippen LogP contribution in [0.25, 0.3) is 0 Å². The maximum atomic E-state index is 9.63. The standard InChI is InChI=1S/C10H14N2O2S/c11-10(12)7-3-1-6(2-4-7)9(14)8(13)5-15/h1-4,8-9,13-15H,5H2,(H3,11,12). The van der Waals surface area contributed by atoms with Crippen molar-refractivity contribution in [1.82, 2.24) is 0 Å².